The minimum absolute atomic E-state index is 0.251. The molecule has 126 valence electrons. The average Bonchev–Trinajstić information content (AvgIpc) is 3.02. The fraction of sp³-hybridized carbons (Fsp3) is 0.632. The number of amides is 1. The molecule has 2 aliphatic carbocycles. The van der Waals surface area contributed by atoms with E-state index in [1.54, 1.807) is 11.8 Å². The van der Waals surface area contributed by atoms with Crippen molar-refractivity contribution in [2.75, 3.05) is 0 Å². The van der Waals surface area contributed by atoms with Gasteiger partial charge in [0.05, 0.1) is 4.75 Å². The Kier molecular flexibility index (Phi) is 5.32. The van der Waals surface area contributed by atoms with E-state index in [0.717, 1.165) is 51.4 Å². The Morgan fingerprint density at radius 3 is 2.35 bits per heavy atom. The molecular formula is C19H28N2OS. The van der Waals surface area contributed by atoms with Gasteiger partial charge in [0.1, 0.15) is 0 Å². The Balaban J connectivity index is 1.67. The zero-order chi connectivity index (χ0) is 16.3. The molecule has 0 spiro atoms. The Labute approximate surface area is 143 Å². The number of rotatable bonds is 4. The van der Waals surface area contributed by atoms with Crippen molar-refractivity contribution in [2.45, 2.75) is 80.0 Å². The number of carbonyl (C=O) groups excluding carboxylic acids is 1. The standard InChI is InChI=1S/C19H28N2OS/c1-14-4-10-17(11-5-14)23-19(12-2-3-13-19)18(22)21-16-8-6-15(20)7-9-16/h4-5,10-11,15-16H,2-3,6-9,12-13,20H2,1H3,(H,21,22). The smallest absolute Gasteiger partial charge is 0.236 e. The Morgan fingerprint density at radius 2 is 1.74 bits per heavy atom. The number of hydrogen-bond donors (Lipinski definition) is 2. The third-order valence-corrected chi connectivity index (χ3v) is 6.76. The molecule has 23 heavy (non-hydrogen) atoms. The van der Waals surface area contributed by atoms with Gasteiger partial charge >= 0.3 is 0 Å². The Hall–Kier alpha value is -1.00. The van der Waals surface area contributed by atoms with E-state index in [4.69, 9.17) is 5.73 Å². The molecule has 0 atom stereocenters. The van der Waals surface area contributed by atoms with E-state index >= 15 is 0 Å². The minimum atomic E-state index is -0.269. The largest absolute Gasteiger partial charge is 0.352 e. The van der Waals surface area contributed by atoms with Crippen molar-refractivity contribution in [3.05, 3.63) is 29.8 Å². The lowest BCUT2D eigenvalue weighted by Crippen LogP contribution is -2.48. The van der Waals surface area contributed by atoms with E-state index < -0.39 is 0 Å². The molecule has 2 fully saturated rings. The zero-order valence-electron chi connectivity index (χ0n) is 14.0. The van der Waals surface area contributed by atoms with Gasteiger partial charge in [-0.1, -0.05) is 30.5 Å². The van der Waals surface area contributed by atoms with Crippen molar-refractivity contribution < 1.29 is 4.79 Å². The summed E-state index contributed by atoms with van der Waals surface area (Å²) in [6.45, 7) is 2.10. The van der Waals surface area contributed by atoms with Crippen LogP contribution in [0, 0.1) is 6.92 Å². The summed E-state index contributed by atoms with van der Waals surface area (Å²) in [6, 6.07) is 9.19. The van der Waals surface area contributed by atoms with Crippen LogP contribution in [-0.2, 0) is 4.79 Å². The number of nitrogens with one attached hydrogen (secondary N) is 1. The highest BCUT2D eigenvalue weighted by Crippen LogP contribution is 2.45. The van der Waals surface area contributed by atoms with Gasteiger partial charge in [0.15, 0.2) is 0 Å². The normalized spacial score (nSPS) is 26.9. The second kappa shape index (κ2) is 7.27. The van der Waals surface area contributed by atoms with E-state index in [0.29, 0.717) is 12.1 Å². The molecule has 1 amide bonds. The third kappa shape index (κ3) is 4.10. The quantitative estimate of drug-likeness (QED) is 0.882. The molecule has 0 saturated heterocycles. The van der Waals surface area contributed by atoms with E-state index in [-0.39, 0.29) is 10.7 Å². The maximum atomic E-state index is 13.0. The van der Waals surface area contributed by atoms with Crippen LogP contribution in [0.2, 0.25) is 0 Å². The van der Waals surface area contributed by atoms with Gasteiger partial charge in [-0.15, -0.1) is 11.8 Å². The van der Waals surface area contributed by atoms with Crippen molar-refractivity contribution in [3.63, 3.8) is 0 Å². The van der Waals surface area contributed by atoms with Crippen molar-refractivity contribution in [1.29, 1.82) is 0 Å². The van der Waals surface area contributed by atoms with Gasteiger partial charge < -0.3 is 11.1 Å². The van der Waals surface area contributed by atoms with Crippen LogP contribution >= 0.6 is 11.8 Å². The summed E-state index contributed by atoms with van der Waals surface area (Å²) in [7, 11) is 0. The average molecular weight is 333 g/mol. The SMILES string of the molecule is Cc1ccc(SC2(C(=O)NC3CCC(N)CC3)CCCC2)cc1. The topological polar surface area (TPSA) is 55.1 Å². The van der Waals surface area contributed by atoms with Crippen molar-refractivity contribution in [1.82, 2.24) is 5.32 Å². The number of carbonyl (C=O) groups is 1. The molecule has 3 N–H and O–H groups in total. The maximum Gasteiger partial charge on any atom is 0.236 e. The molecule has 1 aromatic rings. The summed E-state index contributed by atoms with van der Waals surface area (Å²) >= 11 is 1.77. The highest BCUT2D eigenvalue weighted by atomic mass is 32.2. The molecule has 0 bridgehead atoms. The number of benzene rings is 1. The van der Waals surface area contributed by atoms with Crippen LogP contribution in [0.4, 0.5) is 0 Å². The number of thioether (sulfide) groups is 1. The van der Waals surface area contributed by atoms with Crippen LogP contribution in [0.5, 0.6) is 0 Å². The molecule has 4 heteroatoms. The lowest BCUT2D eigenvalue weighted by atomic mass is 9.91. The van der Waals surface area contributed by atoms with Crippen molar-refractivity contribution in [2.24, 2.45) is 5.73 Å². The van der Waals surface area contributed by atoms with Gasteiger partial charge in [0.25, 0.3) is 0 Å². The summed E-state index contributed by atoms with van der Waals surface area (Å²) in [4.78, 5) is 14.2. The van der Waals surface area contributed by atoms with Crippen LogP contribution in [0.3, 0.4) is 0 Å². The lowest BCUT2D eigenvalue weighted by molar-refractivity contribution is -0.124. The second-order valence-corrected chi connectivity index (χ2v) is 8.66. The Morgan fingerprint density at radius 1 is 1.13 bits per heavy atom. The van der Waals surface area contributed by atoms with Gasteiger partial charge in [-0.05, 0) is 57.6 Å². The molecule has 0 radical (unpaired) electrons. The first-order chi connectivity index (χ1) is 11.1. The van der Waals surface area contributed by atoms with Gasteiger partial charge in [0, 0.05) is 17.0 Å². The van der Waals surface area contributed by atoms with E-state index in [1.165, 1.54) is 10.5 Å². The predicted octanol–water partition coefficient (Wildman–Crippen LogP) is 3.79. The summed E-state index contributed by atoms with van der Waals surface area (Å²) in [5.41, 5.74) is 7.24. The van der Waals surface area contributed by atoms with Crippen LogP contribution in [0.25, 0.3) is 0 Å². The van der Waals surface area contributed by atoms with Gasteiger partial charge in [-0.3, -0.25) is 4.79 Å². The molecule has 2 saturated carbocycles. The number of nitrogens with two attached hydrogens (primary N) is 1. The van der Waals surface area contributed by atoms with Gasteiger partial charge in [-0.2, -0.15) is 0 Å². The zero-order valence-corrected chi connectivity index (χ0v) is 14.8. The molecule has 0 aromatic heterocycles. The van der Waals surface area contributed by atoms with Crippen molar-refractivity contribution in [3.8, 4) is 0 Å². The summed E-state index contributed by atoms with van der Waals surface area (Å²) in [6.07, 6.45) is 8.40. The van der Waals surface area contributed by atoms with Crippen molar-refractivity contribution >= 4 is 17.7 Å². The predicted molar refractivity (Wildman–Crippen MR) is 96.6 cm³/mol. The van der Waals surface area contributed by atoms with Crippen LogP contribution in [-0.4, -0.2) is 22.7 Å². The lowest BCUT2D eigenvalue weighted by Gasteiger charge is -2.32. The first-order valence-corrected chi connectivity index (χ1v) is 9.71. The fourth-order valence-corrected chi connectivity index (χ4v) is 5.10. The summed E-state index contributed by atoms with van der Waals surface area (Å²) < 4.78 is -0.269. The molecule has 3 rings (SSSR count). The van der Waals surface area contributed by atoms with E-state index in [9.17, 15) is 4.79 Å². The van der Waals surface area contributed by atoms with E-state index in [1.807, 2.05) is 0 Å². The molecule has 3 nitrogen and oxygen atoms in total. The van der Waals surface area contributed by atoms with Crippen LogP contribution < -0.4 is 11.1 Å². The molecule has 2 aliphatic rings. The molecule has 1 aromatic carbocycles. The third-order valence-electron chi connectivity index (χ3n) is 5.27. The van der Waals surface area contributed by atoms with Gasteiger partial charge in [-0.25, -0.2) is 0 Å². The molecule has 0 heterocycles. The first kappa shape index (κ1) is 16.8. The highest BCUT2D eigenvalue weighted by molar-refractivity contribution is 8.01. The molecular weight excluding hydrogens is 304 g/mol. The molecule has 0 unspecified atom stereocenters. The highest BCUT2D eigenvalue weighted by Gasteiger charge is 2.43. The second-order valence-electron chi connectivity index (χ2n) is 7.20. The monoisotopic (exact) mass is 332 g/mol. The van der Waals surface area contributed by atoms with E-state index in [2.05, 4.69) is 36.5 Å². The number of aryl methyl sites for hydroxylation is 1. The molecule has 0 aliphatic heterocycles. The van der Waals surface area contributed by atoms with Crippen LogP contribution in [0.1, 0.15) is 56.9 Å². The Bertz CT molecular complexity index is 529. The fourth-order valence-electron chi connectivity index (χ4n) is 3.73. The maximum absolute atomic E-state index is 13.0. The van der Waals surface area contributed by atoms with Crippen LogP contribution in [0.15, 0.2) is 29.2 Å². The summed E-state index contributed by atoms with van der Waals surface area (Å²) in [5, 5.41) is 3.34. The summed E-state index contributed by atoms with van der Waals surface area (Å²) in [5.74, 6) is 0.251. The number of hydrogen-bond acceptors (Lipinski definition) is 3. The minimum Gasteiger partial charge on any atom is -0.352 e. The van der Waals surface area contributed by atoms with Gasteiger partial charge in [0.2, 0.25) is 5.91 Å². The first-order valence-electron chi connectivity index (χ1n) is 8.90.